The van der Waals surface area contributed by atoms with Gasteiger partial charge in [0.2, 0.25) is 0 Å². The van der Waals surface area contributed by atoms with Gasteiger partial charge >= 0.3 is 12.0 Å². The maximum atomic E-state index is 11.8. The van der Waals surface area contributed by atoms with Gasteiger partial charge in [0, 0.05) is 17.5 Å². The van der Waals surface area contributed by atoms with Gasteiger partial charge in [-0.15, -0.1) is 11.3 Å². The summed E-state index contributed by atoms with van der Waals surface area (Å²) in [6, 6.07) is 6.74. The van der Waals surface area contributed by atoms with Gasteiger partial charge in [-0.05, 0) is 31.0 Å². The van der Waals surface area contributed by atoms with E-state index < -0.39 is 5.97 Å². The minimum atomic E-state index is -0.842. The number of amides is 2. The molecule has 0 aliphatic heterocycles. The molecule has 1 aromatic heterocycles. The summed E-state index contributed by atoms with van der Waals surface area (Å²) >= 11 is 1.35. The zero-order valence-corrected chi connectivity index (χ0v) is 12.2. The van der Waals surface area contributed by atoms with Crippen molar-refractivity contribution >= 4 is 34.2 Å². The number of urea groups is 1. The number of anilines is 2. The molecule has 6 nitrogen and oxygen atoms in total. The summed E-state index contributed by atoms with van der Waals surface area (Å²) in [5, 5.41) is 16.4. The molecule has 0 aliphatic carbocycles. The van der Waals surface area contributed by atoms with Gasteiger partial charge < -0.3 is 10.4 Å². The number of carboxylic acids is 1. The third kappa shape index (κ3) is 4.88. The quantitative estimate of drug-likeness (QED) is 0.791. The highest BCUT2D eigenvalue weighted by Crippen LogP contribution is 2.16. The largest absolute Gasteiger partial charge is 0.481 e. The van der Waals surface area contributed by atoms with Crippen LogP contribution in [0.3, 0.4) is 0 Å². The van der Waals surface area contributed by atoms with Crippen LogP contribution in [0.5, 0.6) is 0 Å². The number of nitrogens with one attached hydrogen (secondary N) is 2. The molecule has 1 aromatic carbocycles. The second-order valence-electron chi connectivity index (χ2n) is 4.47. The van der Waals surface area contributed by atoms with E-state index in [4.69, 9.17) is 5.11 Å². The fourth-order valence-electron chi connectivity index (χ4n) is 1.73. The number of rotatable bonds is 5. The van der Waals surface area contributed by atoms with Crippen LogP contribution in [0.25, 0.3) is 0 Å². The van der Waals surface area contributed by atoms with E-state index in [0.717, 1.165) is 11.3 Å². The smallest absolute Gasteiger partial charge is 0.325 e. The van der Waals surface area contributed by atoms with Gasteiger partial charge in [-0.1, -0.05) is 12.1 Å². The third-order valence-electron chi connectivity index (χ3n) is 2.65. The summed E-state index contributed by atoms with van der Waals surface area (Å²) in [5.74, 6) is -0.842. The number of hydrogen-bond acceptors (Lipinski definition) is 4. The van der Waals surface area contributed by atoms with Gasteiger partial charge in [-0.2, -0.15) is 0 Å². The number of carbonyl (C=O) groups is 2. The van der Waals surface area contributed by atoms with Crippen molar-refractivity contribution < 1.29 is 14.7 Å². The molecule has 0 atom stereocenters. The van der Waals surface area contributed by atoms with E-state index in [1.54, 1.807) is 18.2 Å². The van der Waals surface area contributed by atoms with Gasteiger partial charge in [-0.3, -0.25) is 10.1 Å². The molecule has 0 bridgehead atoms. The molecule has 0 unspecified atom stereocenters. The molecule has 2 rings (SSSR count). The monoisotopic (exact) mass is 305 g/mol. The van der Waals surface area contributed by atoms with E-state index in [-0.39, 0.29) is 12.5 Å². The Morgan fingerprint density at radius 2 is 2.14 bits per heavy atom. The molecule has 1 heterocycles. The van der Waals surface area contributed by atoms with Crippen molar-refractivity contribution in [2.45, 2.75) is 19.8 Å². The van der Waals surface area contributed by atoms with Crippen molar-refractivity contribution in [3.63, 3.8) is 0 Å². The van der Waals surface area contributed by atoms with Crippen LogP contribution in [0.15, 0.2) is 29.6 Å². The zero-order valence-electron chi connectivity index (χ0n) is 11.4. The van der Waals surface area contributed by atoms with Gasteiger partial charge in [-0.25, -0.2) is 9.78 Å². The average molecular weight is 305 g/mol. The minimum Gasteiger partial charge on any atom is -0.481 e. The Balaban J connectivity index is 1.94. The van der Waals surface area contributed by atoms with E-state index in [1.807, 2.05) is 18.4 Å². The predicted molar refractivity (Wildman–Crippen MR) is 81.9 cm³/mol. The van der Waals surface area contributed by atoms with E-state index in [2.05, 4.69) is 15.6 Å². The highest BCUT2D eigenvalue weighted by atomic mass is 32.1. The van der Waals surface area contributed by atoms with Crippen molar-refractivity contribution in [2.75, 3.05) is 10.6 Å². The minimum absolute atomic E-state index is 0.0635. The number of benzene rings is 1. The number of carboxylic acid groups (broad SMARTS) is 1. The summed E-state index contributed by atoms with van der Waals surface area (Å²) in [6.45, 7) is 1.85. The summed E-state index contributed by atoms with van der Waals surface area (Å²) in [6.07, 6.45) is 0.492. The molecule has 3 N–H and O–H groups in total. The van der Waals surface area contributed by atoms with Crippen LogP contribution in [0.2, 0.25) is 0 Å². The number of nitrogens with zero attached hydrogens (tertiary/aromatic N) is 1. The molecule has 0 fully saturated rings. The van der Waals surface area contributed by atoms with Crippen LogP contribution in [0.1, 0.15) is 17.7 Å². The van der Waals surface area contributed by atoms with Crippen molar-refractivity contribution in [3.8, 4) is 0 Å². The number of thiazole rings is 1. The van der Waals surface area contributed by atoms with Crippen molar-refractivity contribution in [2.24, 2.45) is 0 Å². The lowest BCUT2D eigenvalue weighted by atomic mass is 10.1. The first-order chi connectivity index (χ1) is 10.0. The van der Waals surface area contributed by atoms with E-state index >= 15 is 0 Å². The average Bonchev–Trinajstić information content (AvgIpc) is 2.82. The maximum Gasteiger partial charge on any atom is 0.325 e. The molecule has 2 aromatic rings. The lowest BCUT2D eigenvalue weighted by Crippen LogP contribution is -2.19. The SMILES string of the molecule is Cc1csc(NC(=O)Nc2cccc(CCC(=O)O)c2)n1. The Labute approximate surface area is 125 Å². The van der Waals surface area contributed by atoms with Gasteiger partial charge in [0.1, 0.15) is 0 Å². The van der Waals surface area contributed by atoms with E-state index in [9.17, 15) is 9.59 Å². The fraction of sp³-hybridized carbons (Fsp3) is 0.214. The first-order valence-electron chi connectivity index (χ1n) is 6.34. The normalized spacial score (nSPS) is 10.1. The first-order valence-corrected chi connectivity index (χ1v) is 7.22. The van der Waals surface area contributed by atoms with Gasteiger partial charge in [0.25, 0.3) is 0 Å². The molecular formula is C14H15N3O3S. The Morgan fingerprint density at radius 1 is 1.33 bits per heavy atom. The molecule has 0 spiro atoms. The maximum absolute atomic E-state index is 11.8. The van der Waals surface area contributed by atoms with Crippen molar-refractivity contribution in [1.29, 1.82) is 0 Å². The fourth-order valence-corrected chi connectivity index (χ4v) is 2.41. The standard InChI is InChI=1S/C14H15N3O3S/c1-9-8-21-14(15-9)17-13(20)16-11-4-2-3-10(7-11)5-6-12(18)19/h2-4,7-8H,5-6H2,1H3,(H,18,19)(H2,15,16,17,20). The molecular weight excluding hydrogens is 290 g/mol. The Hall–Kier alpha value is -2.41. The predicted octanol–water partition coefficient (Wildman–Crippen LogP) is 3.11. The second-order valence-corrected chi connectivity index (χ2v) is 5.33. The van der Waals surface area contributed by atoms with Gasteiger partial charge in [0.15, 0.2) is 5.13 Å². The molecule has 0 saturated heterocycles. The lowest BCUT2D eigenvalue weighted by molar-refractivity contribution is -0.136. The van der Waals surface area contributed by atoms with Crippen LogP contribution >= 0.6 is 11.3 Å². The number of hydrogen-bond donors (Lipinski definition) is 3. The summed E-state index contributed by atoms with van der Waals surface area (Å²) in [4.78, 5) is 26.5. The molecule has 7 heteroatoms. The number of aryl methyl sites for hydroxylation is 2. The molecule has 0 aliphatic rings. The third-order valence-corrected chi connectivity index (χ3v) is 3.53. The van der Waals surface area contributed by atoms with Crippen molar-refractivity contribution in [3.05, 3.63) is 40.9 Å². The molecule has 110 valence electrons. The topological polar surface area (TPSA) is 91.3 Å². The van der Waals surface area contributed by atoms with Crippen molar-refractivity contribution in [1.82, 2.24) is 4.98 Å². The molecule has 2 amide bonds. The van der Waals surface area contributed by atoms with Crippen LogP contribution in [0.4, 0.5) is 15.6 Å². The highest BCUT2D eigenvalue weighted by Gasteiger charge is 2.06. The van der Waals surface area contributed by atoms with E-state index in [0.29, 0.717) is 17.2 Å². The van der Waals surface area contributed by atoms with Crippen LogP contribution < -0.4 is 10.6 Å². The Bertz CT molecular complexity index is 654. The van der Waals surface area contributed by atoms with E-state index in [1.165, 1.54) is 11.3 Å². The summed E-state index contributed by atoms with van der Waals surface area (Å²) < 4.78 is 0. The lowest BCUT2D eigenvalue weighted by Gasteiger charge is -2.07. The highest BCUT2D eigenvalue weighted by molar-refractivity contribution is 7.13. The molecule has 21 heavy (non-hydrogen) atoms. The van der Waals surface area contributed by atoms with Gasteiger partial charge in [0.05, 0.1) is 5.69 Å². The summed E-state index contributed by atoms with van der Waals surface area (Å²) in [5.41, 5.74) is 2.33. The van der Waals surface area contributed by atoms with Crippen LogP contribution in [-0.4, -0.2) is 22.1 Å². The number of aliphatic carboxylic acids is 1. The molecule has 0 saturated carbocycles. The summed E-state index contributed by atoms with van der Waals surface area (Å²) in [7, 11) is 0. The van der Waals surface area contributed by atoms with Crippen LogP contribution in [0, 0.1) is 6.92 Å². The number of carbonyl (C=O) groups excluding carboxylic acids is 1. The molecule has 0 radical (unpaired) electrons. The number of aromatic nitrogens is 1. The first kappa shape index (κ1) is 15.0. The van der Waals surface area contributed by atoms with Crippen LogP contribution in [-0.2, 0) is 11.2 Å². The Morgan fingerprint density at radius 3 is 2.81 bits per heavy atom. The zero-order chi connectivity index (χ0) is 15.2. The Kier molecular flexibility index (Phi) is 4.89. The second kappa shape index (κ2) is 6.85.